The lowest BCUT2D eigenvalue weighted by Gasteiger charge is -2.02. The van der Waals surface area contributed by atoms with Crippen molar-refractivity contribution in [2.75, 3.05) is 5.32 Å². The number of nitrogens with one attached hydrogen (secondary N) is 1. The van der Waals surface area contributed by atoms with Gasteiger partial charge in [0.1, 0.15) is 0 Å². The number of hydrogen-bond donors (Lipinski definition) is 2. The molecule has 6 heteroatoms. The lowest BCUT2D eigenvalue weighted by molar-refractivity contribution is -0.138. The van der Waals surface area contributed by atoms with Crippen LogP contribution in [0.4, 0.5) is 5.13 Å². The second-order valence-corrected chi connectivity index (χ2v) is 5.64. The van der Waals surface area contributed by atoms with Gasteiger partial charge in [-0.15, -0.1) is 11.3 Å². The number of carbonyl (C=O) groups excluding carboxylic acids is 1. The van der Waals surface area contributed by atoms with Crippen LogP contribution in [-0.4, -0.2) is 22.0 Å². The van der Waals surface area contributed by atoms with Crippen LogP contribution in [0.3, 0.4) is 0 Å². The van der Waals surface area contributed by atoms with Crippen LogP contribution in [0.1, 0.15) is 24.0 Å². The zero-order chi connectivity index (χ0) is 15.4. The minimum Gasteiger partial charge on any atom is -0.481 e. The summed E-state index contributed by atoms with van der Waals surface area (Å²) in [5, 5.41) is 13.5. The summed E-state index contributed by atoms with van der Waals surface area (Å²) in [5.74, 6) is -1.32. The van der Waals surface area contributed by atoms with E-state index in [0.29, 0.717) is 5.13 Å². The summed E-state index contributed by atoms with van der Waals surface area (Å²) in [5.41, 5.74) is 4.21. The van der Waals surface area contributed by atoms with Crippen molar-refractivity contribution in [3.8, 4) is 11.3 Å². The molecule has 21 heavy (non-hydrogen) atoms. The number of rotatable bonds is 5. The molecule has 0 fully saturated rings. The summed E-state index contributed by atoms with van der Waals surface area (Å²) in [6, 6.07) is 6.09. The Morgan fingerprint density at radius 1 is 1.24 bits per heavy atom. The van der Waals surface area contributed by atoms with Crippen LogP contribution in [0.25, 0.3) is 11.3 Å². The van der Waals surface area contributed by atoms with E-state index < -0.39 is 5.97 Å². The van der Waals surface area contributed by atoms with Crippen LogP contribution in [0.2, 0.25) is 0 Å². The van der Waals surface area contributed by atoms with Crippen molar-refractivity contribution >= 4 is 28.3 Å². The first-order valence-corrected chi connectivity index (χ1v) is 7.38. The number of carbonyl (C=O) groups is 2. The van der Waals surface area contributed by atoms with E-state index in [2.05, 4.69) is 16.4 Å². The molecule has 1 aromatic carbocycles. The van der Waals surface area contributed by atoms with Gasteiger partial charge < -0.3 is 10.4 Å². The van der Waals surface area contributed by atoms with Gasteiger partial charge in [-0.05, 0) is 31.0 Å². The van der Waals surface area contributed by atoms with Crippen molar-refractivity contribution in [3.63, 3.8) is 0 Å². The zero-order valence-electron chi connectivity index (χ0n) is 11.8. The number of amides is 1. The molecule has 1 heterocycles. The van der Waals surface area contributed by atoms with Crippen LogP contribution >= 0.6 is 11.3 Å². The predicted molar refractivity (Wildman–Crippen MR) is 82.5 cm³/mol. The van der Waals surface area contributed by atoms with Crippen LogP contribution < -0.4 is 5.32 Å². The smallest absolute Gasteiger partial charge is 0.303 e. The molecule has 2 N–H and O–H groups in total. The van der Waals surface area contributed by atoms with Crippen LogP contribution in [0.5, 0.6) is 0 Å². The van der Waals surface area contributed by atoms with E-state index in [1.165, 1.54) is 22.5 Å². The normalized spacial score (nSPS) is 10.4. The van der Waals surface area contributed by atoms with Crippen molar-refractivity contribution in [1.29, 1.82) is 0 Å². The van der Waals surface area contributed by atoms with Crippen LogP contribution in [0.15, 0.2) is 23.6 Å². The van der Waals surface area contributed by atoms with E-state index in [9.17, 15) is 9.59 Å². The molecule has 2 aromatic rings. The third-order valence-electron chi connectivity index (χ3n) is 3.12. The van der Waals surface area contributed by atoms with Gasteiger partial charge in [0, 0.05) is 17.4 Å². The Balaban J connectivity index is 2.05. The Labute approximate surface area is 126 Å². The lowest BCUT2D eigenvalue weighted by atomic mass is 10.1. The lowest BCUT2D eigenvalue weighted by Crippen LogP contribution is -2.12. The summed E-state index contributed by atoms with van der Waals surface area (Å²) in [6.45, 7) is 4.09. The second-order valence-electron chi connectivity index (χ2n) is 4.78. The average Bonchev–Trinajstić information content (AvgIpc) is 2.88. The Kier molecular flexibility index (Phi) is 4.70. The average molecular weight is 304 g/mol. The Morgan fingerprint density at radius 3 is 2.67 bits per heavy atom. The number of aryl methyl sites for hydroxylation is 2. The van der Waals surface area contributed by atoms with Crippen molar-refractivity contribution in [1.82, 2.24) is 4.98 Å². The number of aromatic nitrogens is 1. The zero-order valence-corrected chi connectivity index (χ0v) is 12.7. The number of hydrogen-bond acceptors (Lipinski definition) is 4. The summed E-state index contributed by atoms with van der Waals surface area (Å²) in [7, 11) is 0. The van der Waals surface area contributed by atoms with E-state index in [-0.39, 0.29) is 18.7 Å². The number of carboxylic acid groups (broad SMARTS) is 1. The number of aliphatic carboxylic acids is 1. The molecule has 5 nitrogen and oxygen atoms in total. The van der Waals surface area contributed by atoms with Gasteiger partial charge in [0.25, 0.3) is 0 Å². The van der Waals surface area contributed by atoms with E-state index in [0.717, 1.165) is 11.3 Å². The van der Waals surface area contributed by atoms with Crippen LogP contribution in [0, 0.1) is 13.8 Å². The van der Waals surface area contributed by atoms with Crippen LogP contribution in [-0.2, 0) is 9.59 Å². The van der Waals surface area contributed by atoms with Gasteiger partial charge in [-0.1, -0.05) is 12.1 Å². The predicted octanol–water partition coefficient (Wildman–Crippen LogP) is 3.23. The van der Waals surface area contributed by atoms with Gasteiger partial charge in [0.05, 0.1) is 12.1 Å². The molecule has 0 radical (unpaired) electrons. The first kappa shape index (κ1) is 15.2. The Hall–Kier alpha value is -2.21. The van der Waals surface area contributed by atoms with E-state index >= 15 is 0 Å². The molecule has 2 rings (SSSR count). The number of nitrogens with zero attached hydrogens (tertiary/aromatic N) is 1. The fraction of sp³-hybridized carbons (Fsp3) is 0.267. The third-order valence-corrected chi connectivity index (χ3v) is 3.88. The van der Waals surface area contributed by atoms with Gasteiger partial charge in [-0.2, -0.15) is 0 Å². The summed E-state index contributed by atoms with van der Waals surface area (Å²) >= 11 is 1.33. The largest absolute Gasteiger partial charge is 0.481 e. The molecule has 0 atom stereocenters. The van der Waals surface area contributed by atoms with E-state index in [4.69, 9.17) is 5.11 Å². The quantitative estimate of drug-likeness (QED) is 0.889. The van der Waals surface area contributed by atoms with Crippen molar-refractivity contribution < 1.29 is 14.7 Å². The van der Waals surface area contributed by atoms with Gasteiger partial charge in [-0.3, -0.25) is 9.59 Å². The highest BCUT2D eigenvalue weighted by Crippen LogP contribution is 2.26. The molecule has 0 aliphatic heterocycles. The highest BCUT2D eigenvalue weighted by Gasteiger charge is 2.10. The maximum atomic E-state index is 11.6. The minimum absolute atomic E-state index is 0.0477. The molecule has 0 saturated carbocycles. The highest BCUT2D eigenvalue weighted by atomic mass is 32.1. The Bertz CT molecular complexity index is 679. The molecule has 1 aromatic heterocycles. The second kappa shape index (κ2) is 6.49. The monoisotopic (exact) mass is 304 g/mol. The molecule has 110 valence electrons. The summed E-state index contributed by atoms with van der Waals surface area (Å²) in [4.78, 5) is 26.3. The molecule has 0 saturated heterocycles. The molecule has 0 spiro atoms. The fourth-order valence-electron chi connectivity index (χ4n) is 1.77. The fourth-order valence-corrected chi connectivity index (χ4v) is 2.50. The molecular formula is C15H16N2O3S. The number of thiazole rings is 1. The summed E-state index contributed by atoms with van der Waals surface area (Å²) < 4.78 is 0. The molecular weight excluding hydrogens is 288 g/mol. The molecule has 0 aliphatic rings. The van der Waals surface area contributed by atoms with Gasteiger partial charge in [-0.25, -0.2) is 4.98 Å². The standard InChI is InChI=1S/C15H16N2O3S/c1-9-3-4-11(7-10(9)2)12-8-21-15(16-12)17-13(18)5-6-14(19)20/h3-4,7-8H,5-6H2,1-2H3,(H,19,20)(H,16,17,18). The maximum Gasteiger partial charge on any atom is 0.303 e. The van der Waals surface area contributed by atoms with Crippen molar-refractivity contribution in [2.24, 2.45) is 0 Å². The first-order valence-electron chi connectivity index (χ1n) is 6.50. The molecule has 0 unspecified atom stereocenters. The number of anilines is 1. The first-order chi connectivity index (χ1) is 9.95. The highest BCUT2D eigenvalue weighted by molar-refractivity contribution is 7.14. The number of benzene rings is 1. The molecule has 0 aliphatic carbocycles. The Morgan fingerprint density at radius 2 is 2.00 bits per heavy atom. The number of carboxylic acids is 1. The molecule has 1 amide bonds. The molecule has 0 bridgehead atoms. The van der Waals surface area contributed by atoms with Gasteiger partial charge in [0.2, 0.25) is 5.91 Å². The third kappa shape index (κ3) is 4.13. The van der Waals surface area contributed by atoms with E-state index in [1.54, 1.807) is 0 Å². The van der Waals surface area contributed by atoms with Crippen molar-refractivity contribution in [3.05, 3.63) is 34.7 Å². The SMILES string of the molecule is Cc1ccc(-c2csc(NC(=O)CCC(=O)O)n2)cc1C. The topological polar surface area (TPSA) is 79.3 Å². The van der Waals surface area contributed by atoms with Crippen molar-refractivity contribution in [2.45, 2.75) is 26.7 Å². The maximum absolute atomic E-state index is 11.6. The minimum atomic E-state index is -0.986. The van der Waals surface area contributed by atoms with Gasteiger partial charge >= 0.3 is 5.97 Å². The van der Waals surface area contributed by atoms with Gasteiger partial charge in [0.15, 0.2) is 5.13 Å². The summed E-state index contributed by atoms with van der Waals surface area (Å²) in [6.07, 6.45) is -0.227. The van der Waals surface area contributed by atoms with E-state index in [1.807, 2.05) is 31.4 Å².